The zero-order valence-corrected chi connectivity index (χ0v) is 12.6. The third-order valence-electron chi connectivity index (χ3n) is 4.50. The van der Waals surface area contributed by atoms with Crippen LogP contribution in [-0.2, 0) is 4.79 Å². The molecule has 2 N–H and O–H groups in total. The first-order valence-corrected chi connectivity index (χ1v) is 7.72. The lowest BCUT2D eigenvalue weighted by atomic mass is 9.89. The van der Waals surface area contributed by atoms with E-state index in [4.69, 9.17) is 5.73 Å². The number of hydrogen-bond donors (Lipinski definition) is 1. The van der Waals surface area contributed by atoms with Crippen LogP contribution < -0.4 is 5.73 Å². The van der Waals surface area contributed by atoms with Crippen molar-refractivity contribution in [2.45, 2.75) is 45.1 Å². The molecule has 1 amide bonds. The van der Waals surface area contributed by atoms with E-state index in [9.17, 15) is 4.79 Å². The van der Waals surface area contributed by atoms with E-state index in [1.807, 2.05) is 18.2 Å². The van der Waals surface area contributed by atoms with Crippen LogP contribution in [-0.4, -0.2) is 29.9 Å². The van der Waals surface area contributed by atoms with Gasteiger partial charge in [0.2, 0.25) is 5.91 Å². The quantitative estimate of drug-likeness (QED) is 0.917. The Kier molecular flexibility index (Phi) is 5.18. The van der Waals surface area contributed by atoms with Crippen molar-refractivity contribution in [3.63, 3.8) is 0 Å². The third-order valence-corrected chi connectivity index (χ3v) is 4.50. The van der Waals surface area contributed by atoms with E-state index in [1.54, 1.807) is 0 Å². The summed E-state index contributed by atoms with van der Waals surface area (Å²) in [5, 5.41) is 0. The average Bonchev–Trinajstić information content (AvgIpc) is 2.49. The first kappa shape index (κ1) is 15.0. The fourth-order valence-electron chi connectivity index (χ4n) is 3.12. The molecule has 0 aliphatic carbocycles. The normalized spacial score (nSPS) is 24.4. The molecule has 2 rings (SSSR count). The number of piperidine rings is 1. The molecule has 110 valence electrons. The first-order chi connectivity index (χ1) is 9.67. The minimum atomic E-state index is -0.0184. The van der Waals surface area contributed by atoms with Crippen molar-refractivity contribution >= 4 is 5.91 Å². The topological polar surface area (TPSA) is 46.3 Å². The fraction of sp³-hybridized carbons (Fsp3) is 0.588. The molecule has 0 radical (unpaired) electrons. The summed E-state index contributed by atoms with van der Waals surface area (Å²) >= 11 is 0. The van der Waals surface area contributed by atoms with E-state index < -0.39 is 0 Å². The number of likely N-dealkylation sites (tertiary alicyclic amines) is 1. The Hall–Kier alpha value is -1.35. The van der Waals surface area contributed by atoms with Gasteiger partial charge in [0, 0.05) is 12.6 Å². The van der Waals surface area contributed by atoms with Gasteiger partial charge in [-0.3, -0.25) is 4.79 Å². The van der Waals surface area contributed by atoms with E-state index in [-0.39, 0.29) is 11.8 Å². The standard InChI is InChI=1S/C17H26N2O/c1-3-16(15-7-5-4-6-8-15)17(20)19-12-14(11-18)10-9-13(19)2/h4-8,13-14,16H,3,9-12,18H2,1-2H3. The summed E-state index contributed by atoms with van der Waals surface area (Å²) in [6.45, 7) is 5.74. The molecule has 0 saturated carbocycles. The van der Waals surface area contributed by atoms with Gasteiger partial charge in [-0.2, -0.15) is 0 Å². The third kappa shape index (κ3) is 3.21. The van der Waals surface area contributed by atoms with Crippen molar-refractivity contribution in [2.75, 3.05) is 13.1 Å². The Balaban J connectivity index is 2.15. The lowest BCUT2D eigenvalue weighted by Crippen LogP contribution is -2.48. The molecular formula is C17H26N2O. The Morgan fingerprint density at radius 2 is 2.05 bits per heavy atom. The molecule has 1 aromatic carbocycles. The Labute approximate surface area is 122 Å². The lowest BCUT2D eigenvalue weighted by Gasteiger charge is -2.39. The van der Waals surface area contributed by atoms with Crippen LogP contribution in [0, 0.1) is 5.92 Å². The molecule has 1 aliphatic rings. The van der Waals surface area contributed by atoms with Crippen LogP contribution in [0.1, 0.15) is 44.6 Å². The van der Waals surface area contributed by atoms with E-state index in [0.717, 1.165) is 31.4 Å². The van der Waals surface area contributed by atoms with Crippen LogP contribution in [0.25, 0.3) is 0 Å². The van der Waals surface area contributed by atoms with Crippen LogP contribution in [0.2, 0.25) is 0 Å². The maximum atomic E-state index is 12.9. The zero-order chi connectivity index (χ0) is 14.5. The smallest absolute Gasteiger partial charge is 0.230 e. The highest BCUT2D eigenvalue weighted by Crippen LogP contribution is 2.28. The second-order valence-corrected chi connectivity index (χ2v) is 5.89. The molecule has 0 spiro atoms. The minimum absolute atomic E-state index is 0.0184. The summed E-state index contributed by atoms with van der Waals surface area (Å²) in [7, 11) is 0. The number of hydrogen-bond acceptors (Lipinski definition) is 2. The number of benzene rings is 1. The van der Waals surface area contributed by atoms with Crippen LogP contribution in [0.5, 0.6) is 0 Å². The number of nitrogens with two attached hydrogens (primary N) is 1. The van der Waals surface area contributed by atoms with Gasteiger partial charge in [0.05, 0.1) is 5.92 Å². The molecule has 3 atom stereocenters. The monoisotopic (exact) mass is 274 g/mol. The highest BCUT2D eigenvalue weighted by atomic mass is 16.2. The van der Waals surface area contributed by atoms with Crippen LogP contribution >= 0.6 is 0 Å². The lowest BCUT2D eigenvalue weighted by molar-refractivity contribution is -0.137. The number of rotatable bonds is 4. The largest absolute Gasteiger partial charge is 0.339 e. The molecule has 1 fully saturated rings. The molecule has 3 unspecified atom stereocenters. The van der Waals surface area contributed by atoms with Crippen molar-refractivity contribution in [1.29, 1.82) is 0 Å². The van der Waals surface area contributed by atoms with Gasteiger partial charge in [0.15, 0.2) is 0 Å². The predicted octanol–water partition coefficient (Wildman–Crippen LogP) is 2.77. The fourth-order valence-corrected chi connectivity index (χ4v) is 3.12. The van der Waals surface area contributed by atoms with Gasteiger partial charge in [-0.1, -0.05) is 37.3 Å². The second-order valence-electron chi connectivity index (χ2n) is 5.89. The Morgan fingerprint density at radius 3 is 2.65 bits per heavy atom. The molecular weight excluding hydrogens is 248 g/mol. The van der Waals surface area contributed by atoms with E-state index >= 15 is 0 Å². The SMILES string of the molecule is CCC(C(=O)N1CC(CN)CCC1C)c1ccccc1. The highest BCUT2D eigenvalue weighted by molar-refractivity contribution is 5.84. The zero-order valence-electron chi connectivity index (χ0n) is 12.6. The molecule has 1 heterocycles. The molecule has 0 aromatic heterocycles. The Bertz CT molecular complexity index is 432. The van der Waals surface area contributed by atoms with Gasteiger partial charge in [0.1, 0.15) is 0 Å². The van der Waals surface area contributed by atoms with E-state index in [0.29, 0.717) is 18.5 Å². The number of amides is 1. The van der Waals surface area contributed by atoms with Crippen LogP contribution in [0.4, 0.5) is 0 Å². The van der Waals surface area contributed by atoms with Crippen molar-refractivity contribution in [3.05, 3.63) is 35.9 Å². The molecule has 1 aromatic rings. The summed E-state index contributed by atoms with van der Waals surface area (Å²) in [6.07, 6.45) is 3.06. The summed E-state index contributed by atoms with van der Waals surface area (Å²) in [6, 6.07) is 10.5. The second kappa shape index (κ2) is 6.89. The number of carbonyl (C=O) groups excluding carboxylic acids is 1. The maximum Gasteiger partial charge on any atom is 0.230 e. The van der Waals surface area contributed by atoms with Crippen molar-refractivity contribution in [2.24, 2.45) is 11.7 Å². The van der Waals surface area contributed by atoms with Gasteiger partial charge in [-0.15, -0.1) is 0 Å². The summed E-state index contributed by atoms with van der Waals surface area (Å²) in [5.41, 5.74) is 6.92. The summed E-state index contributed by atoms with van der Waals surface area (Å²) in [5.74, 6) is 0.711. The highest BCUT2D eigenvalue weighted by Gasteiger charge is 2.32. The Morgan fingerprint density at radius 1 is 1.35 bits per heavy atom. The number of carbonyl (C=O) groups is 1. The van der Waals surface area contributed by atoms with Gasteiger partial charge in [-0.05, 0) is 44.2 Å². The van der Waals surface area contributed by atoms with Crippen LogP contribution in [0.3, 0.4) is 0 Å². The minimum Gasteiger partial charge on any atom is -0.339 e. The maximum absolute atomic E-state index is 12.9. The summed E-state index contributed by atoms with van der Waals surface area (Å²) < 4.78 is 0. The molecule has 0 bridgehead atoms. The van der Waals surface area contributed by atoms with E-state index in [2.05, 4.69) is 30.9 Å². The first-order valence-electron chi connectivity index (χ1n) is 7.72. The van der Waals surface area contributed by atoms with E-state index in [1.165, 1.54) is 0 Å². The van der Waals surface area contributed by atoms with Gasteiger partial charge >= 0.3 is 0 Å². The molecule has 1 aliphatic heterocycles. The molecule has 20 heavy (non-hydrogen) atoms. The van der Waals surface area contributed by atoms with Gasteiger partial charge in [0.25, 0.3) is 0 Å². The molecule has 1 saturated heterocycles. The average molecular weight is 274 g/mol. The number of nitrogens with zero attached hydrogens (tertiary/aromatic N) is 1. The van der Waals surface area contributed by atoms with Gasteiger partial charge in [-0.25, -0.2) is 0 Å². The van der Waals surface area contributed by atoms with Crippen LogP contribution in [0.15, 0.2) is 30.3 Å². The molecule has 3 heteroatoms. The van der Waals surface area contributed by atoms with Crippen molar-refractivity contribution in [1.82, 2.24) is 4.90 Å². The van der Waals surface area contributed by atoms with Crippen molar-refractivity contribution < 1.29 is 4.79 Å². The van der Waals surface area contributed by atoms with Gasteiger partial charge < -0.3 is 10.6 Å². The molecule has 3 nitrogen and oxygen atoms in total. The summed E-state index contributed by atoms with van der Waals surface area (Å²) in [4.78, 5) is 14.9. The predicted molar refractivity (Wildman–Crippen MR) is 82.4 cm³/mol. The van der Waals surface area contributed by atoms with Crippen molar-refractivity contribution in [3.8, 4) is 0 Å².